The largest absolute Gasteiger partial charge is 0.385 e. The Morgan fingerprint density at radius 1 is 1.19 bits per heavy atom. The molecule has 110 valence electrons. The summed E-state index contributed by atoms with van der Waals surface area (Å²) >= 11 is 0. The molecule has 2 rings (SSSR count). The van der Waals surface area contributed by atoms with Crippen LogP contribution in [-0.4, -0.2) is 12.5 Å². The lowest BCUT2D eigenvalue weighted by Gasteiger charge is -2.12. The molecule has 0 heterocycles. The maximum atomic E-state index is 13.1. The summed E-state index contributed by atoms with van der Waals surface area (Å²) in [6.45, 7) is 5.01. The molecule has 0 bridgehead atoms. The van der Waals surface area contributed by atoms with Gasteiger partial charge in [-0.05, 0) is 49.2 Å². The number of nitrogens with one attached hydrogen (secondary N) is 2. The molecule has 21 heavy (non-hydrogen) atoms. The van der Waals surface area contributed by atoms with E-state index in [9.17, 15) is 9.18 Å². The van der Waals surface area contributed by atoms with Crippen molar-refractivity contribution in [1.82, 2.24) is 5.32 Å². The number of hydrogen-bond acceptors (Lipinski definition) is 2. The molecule has 0 atom stereocenters. The van der Waals surface area contributed by atoms with Crippen LogP contribution in [0.5, 0.6) is 0 Å². The van der Waals surface area contributed by atoms with Gasteiger partial charge >= 0.3 is 0 Å². The van der Waals surface area contributed by atoms with Gasteiger partial charge in [-0.1, -0.05) is 18.2 Å². The van der Waals surface area contributed by atoms with Crippen molar-refractivity contribution in [2.75, 3.05) is 11.9 Å². The Bertz CT molecular complexity index is 640. The first-order valence-electron chi connectivity index (χ1n) is 6.97. The Kier molecular flexibility index (Phi) is 4.93. The van der Waals surface area contributed by atoms with E-state index in [4.69, 9.17) is 0 Å². The van der Waals surface area contributed by atoms with Crippen molar-refractivity contribution in [2.45, 2.75) is 20.4 Å². The summed E-state index contributed by atoms with van der Waals surface area (Å²) in [6.07, 6.45) is 0. The third-order valence-electron chi connectivity index (χ3n) is 3.13. The van der Waals surface area contributed by atoms with Crippen molar-refractivity contribution in [3.8, 4) is 0 Å². The van der Waals surface area contributed by atoms with E-state index in [0.717, 1.165) is 23.4 Å². The molecule has 0 aromatic heterocycles. The van der Waals surface area contributed by atoms with Crippen LogP contribution in [0.2, 0.25) is 0 Å². The summed E-state index contributed by atoms with van der Waals surface area (Å²) in [5, 5.41) is 6.00. The first kappa shape index (κ1) is 15.0. The Morgan fingerprint density at radius 2 is 2.00 bits per heavy atom. The van der Waals surface area contributed by atoms with Crippen LogP contribution in [0.15, 0.2) is 42.5 Å². The van der Waals surface area contributed by atoms with Crippen molar-refractivity contribution in [1.29, 1.82) is 0 Å². The first-order valence-corrected chi connectivity index (χ1v) is 6.97. The number of carbonyl (C=O) groups is 1. The number of rotatable bonds is 5. The molecule has 2 N–H and O–H groups in total. The normalized spacial score (nSPS) is 10.2. The average Bonchev–Trinajstić information content (AvgIpc) is 2.45. The minimum atomic E-state index is -0.301. The molecule has 0 unspecified atom stereocenters. The molecule has 0 radical (unpaired) electrons. The van der Waals surface area contributed by atoms with Crippen molar-refractivity contribution in [3.63, 3.8) is 0 Å². The van der Waals surface area contributed by atoms with Crippen LogP contribution < -0.4 is 10.6 Å². The highest BCUT2D eigenvalue weighted by atomic mass is 19.1. The van der Waals surface area contributed by atoms with Gasteiger partial charge in [-0.3, -0.25) is 4.79 Å². The van der Waals surface area contributed by atoms with Gasteiger partial charge in [-0.25, -0.2) is 4.39 Å². The van der Waals surface area contributed by atoms with Gasteiger partial charge in [-0.2, -0.15) is 0 Å². The van der Waals surface area contributed by atoms with Crippen LogP contribution in [0, 0.1) is 12.7 Å². The lowest BCUT2D eigenvalue weighted by Crippen LogP contribution is -2.24. The molecule has 0 spiro atoms. The maximum absolute atomic E-state index is 13.1. The van der Waals surface area contributed by atoms with E-state index < -0.39 is 0 Å². The third kappa shape index (κ3) is 4.05. The molecular weight excluding hydrogens is 267 g/mol. The second kappa shape index (κ2) is 6.88. The molecule has 4 heteroatoms. The van der Waals surface area contributed by atoms with E-state index in [2.05, 4.69) is 10.6 Å². The SMILES string of the molecule is CCNc1cc(C)ccc1C(=O)NCc1cccc(F)c1. The third-order valence-corrected chi connectivity index (χ3v) is 3.13. The summed E-state index contributed by atoms with van der Waals surface area (Å²) in [4.78, 5) is 12.3. The van der Waals surface area contributed by atoms with Crippen molar-refractivity contribution in [2.24, 2.45) is 0 Å². The van der Waals surface area contributed by atoms with Gasteiger partial charge in [0.25, 0.3) is 5.91 Å². The number of halogens is 1. The Labute approximate surface area is 124 Å². The second-order valence-corrected chi connectivity index (χ2v) is 4.89. The molecule has 0 saturated heterocycles. The molecule has 0 fully saturated rings. The highest BCUT2D eigenvalue weighted by molar-refractivity contribution is 5.99. The van der Waals surface area contributed by atoms with Crippen LogP contribution in [0.25, 0.3) is 0 Å². The highest BCUT2D eigenvalue weighted by Crippen LogP contribution is 2.17. The Balaban J connectivity index is 2.09. The van der Waals surface area contributed by atoms with E-state index >= 15 is 0 Å². The van der Waals surface area contributed by atoms with Crippen LogP contribution >= 0.6 is 0 Å². The van der Waals surface area contributed by atoms with Crippen molar-refractivity contribution < 1.29 is 9.18 Å². The van der Waals surface area contributed by atoms with Crippen molar-refractivity contribution in [3.05, 3.63) is 65.0 Å². The molecule has 0 aliphatic heterocycles. The standard InChI is InChI=1S/C17H19FN2O/c1-3-19-16-9-12(2)7-8-15(16)17(21)20-11-13-5-4-6-14(18)10-13/h4-10,19H,3,11H2,1-2H3,(H,20,21). The molecule has 2 aromatic rings. The molecular formula is C17H19FN2O. The highest BCUT2D eigenvalue weighted by Gasteiger charge is 2.11. The van der Waals surface area contributed by atoms with Gasteiger partial charge in [0.1, 0.15) is 5.82 Å². The van der Waals surface area contributed by atoms with Gasteiger partial charge in [0.15, 0.2) is 0 Å². The number of amides is 1. The van der Waals surface area contributed by atoms with Crippen LogP contribution in [0.3, 0.4) is 0 Å². The van der Waals surface area contributed by atoms with E-state index in [1.54, 1.807) is 18.2 Å². The minimum absolute atomic E-state index is 0.171. The van der Waals surface area contributed by atoms with Gasteiger partial charge in [0, 0.05) is 18.8 Å². The van der Waals surface area contributed by atoms with Gasteiger partial charge in [0.05, 0.1) is 5.56 Å². The summed E-state index contributed by atoms with van der Waals surface area (Å²) in [5.41, 5.74) is 3.24. The van der Waals surface area contributed by atoms with E-state index in [1.165, 1.54) is 12.1 Å². The zero-order valence-electron chi connectivity index (χ0n) is 12.2. The quantitative estimate of drug-likeness (QED) is 0.883. The smallest absolute Gasteiger partial charge is 0.253 e. The fraction of sp³-hybridized carbons (Fsp3) is 0.235. The van der Waals surface area contributed by atoms with Gasteiger partial charge < -0.3 is 10.6 Å². The summed E-state index contributed by atoms with van der Waals surface area (Å²) in [7, 11) is 0. The van der Waals surface area contributed by atoms with Gasteiger partial charge in [-0.15, -0.1) is 0 Å². The predicted octanol–water partition coefficient (Wildman–Crippen LogP) is 3.50. The zero-order chi connectivity index (χ0) is 15.2. The summed E-state index contributed by atoms with van der Waals surface area (Å²) in [6, 6.07) is 11.9. The molecule has 2 aromatic carbocycles. The molecule has 1 amide bonds. The van der Waals surface area contributed by atoms with E-state index in [0.29, 0.717) is 12.1 Å². The lowest BCUT2D eigenvalue weighted by molar-refractivity contribution is 0.0951. The number of aryl methyl sites for hydroxylation is 1. The molecule has 3 nitrogen and oxygen atoms in total. The van der Waals surface area contributed by atoms with Crippen LogP contribution in [-0.2, 0) is 6.54 Å². The zero-order valence-corrected chi connectivity index (χ0v) is 12.2. The topological polar surface area (TPSA) is 41.1 Å². The summed E-state index contributed by atoms with van der Waals surface area (Å²) < 4.78 is 13.1. The fourth-order valence-corrected chi connectivity index (χ4v) is 2.12. The lowest BCUT2D eigenvalue weighted by atomic mass is 10.1. The molecule has 0 saturated carbocycles. The van der Waals surface area contributed by atoms with Gasteiger partial charge in [0.2, 0.25) is 0 Å². The Hall–Kier alpha value is -2.36. The second-order valence-electron chi connectivity index (χ2n) is 4.89. The summed E-state index contributed by atoms with van der Waals surface area (Å²) in [5.74, 6) is -0.472. The molecule has 0 aliphatic carbocycles. The molecule has 0 aliphatic rings. The van der Waals surface area contributed by atoms with E-state index in [1.807, 2.05) is 26.0 Å². The number of anilines is 1. The number of benzene rings is 2. The predicted molar refractivity (Wildman–Crippen MR) is 82.9 cm³/mol. The minimum Gasteiger partial charge on any atom is -0.385 e. The van der Waals surface area contributed by atoms with Crippen molar-refractivity contribution >= 4 is 11.6 Å². The number of carbonyl (C=O) groups excluding carboxylic acids is 1. The number of hydrogen-bond donors (Lipinski definition) is 2. The maximum Gasteiger partial charge on any atom is 0.253 e. The first-order chi connectivity index (χ1) is 10.1. The van der Waals surface area contributed by atoms with Crippen LogP contribution in [0.4, 0.5) is 10.1 Å². The van der Waals surface area contributed by atoms with Crippen LogP contribution in [0.1, 0.15) is 28.4 Å². The Morgan fingerprint density at radius 3 is 2.71 bits per heavy atom. The monoisotopic (exact) mass is 286 g/mol. The van der Waals surface area contributed by atoms with E-state index in [-0.39, 0.29) is 11.7 Å². The fourth-order valence-electron chi connectivity index (χ4n) is 2.12. The average molecular weight is 286 g/mol.